The molecule has 1 saturated carbocycles. The van der Waals surface area contributed by atoms with E-state index in [2.05, 4.69) is 44.2 Å². The Morgan fingerprint density at radius 3 is 2.88 bits per heavy atom. The molecule has 1 aromatic rings. The first-order valence-corrected chi connectivity index (χ1v) is 10.2. The van der Waals surface area contributed by atoms with Crippen molar-refractivity contribution in [2.75, 3.05) is 5.75 Å². The third-order valence-electron chi connectivity index (χ3n) is 6.25. The molecule has 1 heterocycles. The molecule has 2 fully saturated rings. The number of fused-ring (bicyclic) bond motifs is 2. The number of benzene rings is 1. The van der Waals surface area contributed by atoms with E-state index < -0.39 is 0 Å². The van der Waals surface area contributed by atoms with E-state index in [1.165, 1.54) is 24.2 Å². The molecule has 5 atom stereocenters. The lowest BCUT2D eigenvalue weighted by molar-refractivity contribution is -0.144. The number of allylic oxidation sites excluding steroid dienone is 1. The molecule has 3 aliphatic rings. The summed E-state index contributed by atoms with van der Waals surface area (Å²) in [5.74, 6) is 1.77. The largest absolute Gasteiger partial charge is 0.461 e. The second-order valence-electron chi connectivity index (χ2n) is 7.96. The quantitative estimate of drug-likeness (QED) is 0.435. The van der Waals surface area contributed by atoms with Gasteiger partial charge >= 0.3 is 5.97 Å². The molecule has 0 bridgehead atoms. The Balaban J connectivity index is 1.55. The van der Waals surface area contributed by atoms with Crippen LogP contribution in [-0.2, 0) is 9.53 Å². The van der Waals surface area contributed by atoms with E-state index in [4.69, 9.17) is 4.74 Å². The Bertz CT molecular complexity index is 653. The van der Waals surface area contributed by atoms with E-state index >= 15 is 0 Å². The number of hydrogen-bond donors (Lipinski definition) is 0. The van der Waals surface area contributed by atoms with Crippen LogP contribution in [0.4, 0.5) is 0 Å². The van der Waals surface area contributed by atoms with Gasteiger partial charge in [-0.3, -0.25) is 4.79 Å². The van der Waals surface area contributed by atoms with Crippen LogP contribution in [0.2, 0.25) is 0 Å². The minimum Gasteiger partial charge on any atom is -0.461 e. The van der Waals surface area contributed by atoms with Crippen molar-refractivity contribution >= 4 is 17.7 Å². The summed E-state index contributed by atoms with van der Waals surface area (Å²) >= 11 is 1.78. The molecule has 24 heavy (non-hydrogen) atoms. The SMILES string of the molecule is CC1CCCC2(C)CC3OC(=O)C(CSc4ccccc4)C3C=C12. The summed E-state index contributed by atoms with van der Waals surface area (Å²) in [4.78, 5) is 13.7. The molecule has 128 valence electrons. The highest BCUT2D eigenvalue weighted by Gasteiger charge is 2.51. The van der Waals surface area contributed by atoms with Crippen LogP contribution in [0.5, 0.6) is 0 Å². The molecule has 4 rings (SSSR count). The first-order chi connectivity index (χ1) is 11.6. The maximum atomic E-state index is 12.5. The molecule has 0 radical (unpaired) electrons. The topological polar surface area (TPSA) is 26.3 Å². The summed E-state index contributed by atoms with van der Waals surface area (Å²) in [7, 11) is 0. The summed E-state index contributed by atoms with van der Waals surface area (Å²) in [6.45, 7) is 4.74. The average molecular weight is 343 g/mol. The van der Waals surface area contributed by atoms with Gasteiger partial charge in [-0.1, -0.05) is 50.1 Å². The second-order valence-corrected chi connectivity index (χ2v) is 9.06. The smallest absolute Gasteiger partial charge is 0.310 e. The maximum absolute atomic E-state index is 12.5. The molecule has 2 nitrogen and oxygen atoms in total. The Morgan fingerprint density at radius 2 is 2.08 bits per heavy atom. The fourth-order valence-electron chi connectivity index (χ4n) is 4.94. The number of ether oxygens (including phenoxy) is 1. The van der Waals surface area contributed by atoms with Crippen molar-refractivity contribution in [2.45, 2.75) is 50.5 Å². The number of esters is 1. The summed E-state index contributed by atoms with van der Waals surface area (Å²) < 4.78 is 5.82. The van der Waals surface area contributed by atoms with Gasteiger partial charge in [-0.2, -0.15) is 0 Å². The highest BCUT2D eigenvalue weighted by atomic mass is 32.2. The molecule has 5 unspecified atom stereocenters. The third-order valence-corrected chi connectivity index (χ3v) is 7.39. The number of carbonyl (C=O) groups is 1. The van der Waals surface area contributed by atoms with Gasteiger partial charge in [0, 0.05) is 16.6 Å². The molecule has 1 aliphatic heterocycles. The van der Waals surface area contributed by atoms with Crippen molar-refractivity contribution in [3.63, 3.8) is 0 Å². The van der Waals surface area contributed by atoms with Crippen LogP contribution in [0.3, 0.4) is 0 Å². The molecule has 1 saturated heterocycles. The van der Waals surface area contributed by atoms with Crippen molar-refractivity contribution in [1.82, 2.24) is 0 Å². The van der Waals surface area contributed by atoms with Gasteiger partial charge in [0.05, 0.1) is 5.92 Å². The first kappa shape index (κ1) is 16.3. The Kier molecular flexibility index (Phi) is 4.24. The molecule has 0 aromatic heterocycles. The Morgan fingerprint density at radius 1 is 1.29 bits per heavy atom. The predicted molar refractivity (Wildman–Crippen MR) is 97.8 cm³/mol. The summed E-state index contributed by atoms with van der Waals surface area (Å²) in [5.41, 5.74) is 1.85. The normalized spacial score (nSPS) is 38.1. The fourth-order valence-corrected chi connectivity index (χ4v) is 6.02. The van der Waals surface area contributed by atoms with Gasteiger partial charge < -0.3 is 4.74 Å². The standard InChI is InChI=1S/C21H26O2S/c1-14-7-6-10-21(2)12-19-16(11-18(14)21)17(20(22)23-19)13-24-15-8-4-3-5-9-15/h3-5,8-9,11,14,16-17,19H,6-7,10,12-13H2,1-2H3. The van der Waals surface area contributed by atoms with E-state index in [1.54, 1.807) is 17.3 Å². The zero-order valence-electron chi connectivity index (χ0n) is 14.5. The van der Waals surface area contributed by atoms with Crippen molar-refractivity contribution in [3.8, 4) is 0 Å². The molecular formula is C21H26O2S. The van der Waals surface area contributed by atoms with Crippen molar-refractivity contribution in [3.05, 3.63) is 42.0 Å². The van der Waals surface area contributed by atoms with Gasteiger partial charge in [0.2, 0.25) is 0 Å². The number of thioether (sulfide) groups is 1. The molecule has 0 amide bonds. The minimum absolute atomic E-state index is 0.00591. The number of carbonyl (C=O) groups excluding carboxylic acids is 1. The van der Waals surface area contributed by atoms with Crippen LogP contribution < -0.4 is 0 Å². The van der Waals surface area contributed by atoms with Gasteiger partial charge in [-0.15, -0.1) is 11.8 Å². The van der Waals surface area contributed by atoms with E-state index in [-0.39, 0.29) is 29.3 Å². The Hall–Kier alpha value is -1.22. The van der Waals surface area contributed by atoms with Gasteiger partial charge in [-0.25, -0.2) is 0 Å². The third kappa shape index (κ3) is 2.81. The van der Waals surface area contributed by atoms with Gasteiger partial charge in [0.25, 0.3) is 0 Å². The number of hydrogen-bond acceptors (Lipinski definition) is 3. The van der Waals surface area contributed by atoms with E-state index in [0.717, 1.165) is 12.2 Å². The molecular weight excluding hydrogens is 316 g/mol. The molecule has 2 aliphatic carbocycles. The molecule has 3 heteroatoms. The lowest BCUT2D eigenvalue weighted by atomic mass is 9.59. The zero-order chi connectivity index (χ0) is 16.7. The first-order valence-electron chi connectivity index (χ1n) is 9.17. The van der Waals surface area contributed by atoms with Gasteiger partial charge in [0.1, 0.15) is 6.10 Å². The van der Waals surface area contributed by atoms with E-state index in [0.29, 0.717) is 5.92 Å². The highest BCUT2D eigenvalue weighted by Crippen LogP contribution is 2.54. The van der Waals surface area contributed by atoms with Crippen LogP contribution in [0.25, 0.3) is 0 Å². The van der Waals surface area contributed by atoms with Crippen molar-refractivity contribution < 1.29 is 9.53 Å². The van der Waals surface area contributed by atoms with Crippen LogP contribution >= 0.6 is 11.8 Å². The average Bonchev–Trinajstić information content (AvgIpc) is 2.86. The fraction of sp³-hybridized carbons (Fsp3) is 0.571. The highest BCUT2D eigenvalue weighted by molar-refractivity contribution is 7.99. The van der Waals surface area contributed by atoms with E-state index in [1.807, 2.05) is 6.07 Å². The summed E-state index contributed by atoms with van der Waals surface area (Å²) in [5, 5.41) is 0. The van der Waals surface area contributed by atoms with Crippen molar-refractivity contribution in [2.24, 2.45) is 23.2 Å². The molecule has 1 aromatic carbocycles. The van der Waals surface area contributed by atoms with E-state index in [9.17, 15) is 4.79 Å². The van der Waals surface area contributed by atoms with Gasteiger partial charge in [0.15, 0.2) is 0 Å². The Labute approximate surface area is 149 Å². The van der Waals surface area contributed by atoms with Crippen LogP contribution in [0.15, 0.2) is 46.9 Å². The summed E-state index contributed by atoms with van der Waals surface area (Å²) in [6.07, 6.45) is 7.39. The summed E-state index contributed by atoms with van der Waals surface area (Å²) in [6, 6.07) is 10.4. The molecule has 0 spiro atoms. The predicted octanol–water partition coefficient (Wildman–Crippen LogP) is 5.09. The zero-order valence-corrected chi connectivity index (χ0v) is 15.4. The second kappa shape index (κ2) is 6.25. The van der Waals surface area contributed by atoms with Crippen LogP contribution in [0.1, 0.15) is 39.5 Å². The lowest BCUT2D eigenvalue weighted by Crippen LogP contribution is -2.39. The van der Waals surface area contributed by atoms with Crippen molar-refractivity contribution in [1.29, 1.82) is 0 Å². The minimum atomic E-state index is 0.00591. The van der Waals surface area contributed by atoms with Crippen LogP contribution in [0, 0.1) is 23.2 Å². The number of rotatable bonds is 3. The monoisotopic (exact) mass is 342 g/mol. The van der Waals surface area contributed by atoms with Gasteiger partial charge in [-0.05, 0) is 42.7 Å². The lowest BCUT2D eigenvalue weighted by Gasteiger charge is -2.46. The molecule has 0 N–H and O–H groups in total. The van der Waals surface area contributed by atoms with Crippen LogP contribution in [-0.4, -0.2) is 17.8 Å². The maximum Gasteiger partial charge on any atom is 0.310 e.